The Morgan fingerprint density at radius 1 is 1.42 bits per heavy atom. The third kappa shape index (κ3) is 2.38. The van der Waals surface area contributed by atoms with Gasteiger partial charge >= 0.3 is 0 Å². The first-order valence-electron chi connectivity index (χ1n) is 4.29. The maximum Gasteiger partial charge on any atom is 0.248 e. The van der Waals surface area contributed by atoms with Crippen LogP contribution in [0.25, 0.3) is 0 Å². The molecule has 0 aromatic carbocycles. The fraction of sp³-hybridized carbons (Fsp3) is 1.00. The van der Waals surface area contributed by atoms with Crippen LogP contribution in [0.1, 0.15) is 25.7 Å². The van der Waals surface area contributed by atoms with E-state index in [9.17, 15) is 8.78 Å². The normalized spacial score (nSPS) is 27.0. The lowest BCUT2D eigenvalue weighted by molar-refractivity contribution is -0.0499. The minimum absolute atomic E-state index is 0.0780. The molecular weight excluding hydrogens is 164 g/mol. The lowest BCUT2D eigenvalue weighted by Gasteiger charge is -2.30. The minimum Gasteiger partial charge on any atom is -0.395 e. The molecule has 0 spiro atoms. The van der Waals surface area contributed by atoms with Crippen molar-refractivity contribution in [3.8, 4) is 0 Å². The van der Waals surface area contributed by atoms with Gasteiger partial charge in [-0.15, -0.1) is 0 Å². The van der Waals surface area contributed by atoms with Crippen LogP contribution in [0.2, 0.25) is 0 Å². The van der Waals surface area contributed by atoms with Crippen LogP contribution < -0.4 is 5.73 Å². The zero-order valence-electron chi connectivity index (χ0n) is 6.97. The molecule has 0 unspecified atom stereocenters. The Balaban J connectivity index is 2.36. The summed E-state index contributed by atoms with van der Waals surface area (Å²) in [6, 6.07) is -0.318. The zero-order chi connectivity index (χ0) is 9.19. The van der Waals surface area contributed by atoms with Gasteiger partial charge < -0.3 is 10.8 Å². The molecule has 0 saturated heterocycles. The first kappa shape index (κ1) is 9.86. The Bertz CT molecular complexity index is 142. The van der Waals surface area contributed by atoms with Gasteiger partial charge in [0.2, 0.25) is 5.92 Å². The van der Waals surface area contributed by atoms with Gasteiger partial charge in [-0.3, -0.25) is 0 Å². The zero-order valence-corrected chi connectivity index (χ0v) is 6.97. The molecule has 0 amide bonds. The summed E-state index contributed by atoms with van der Waals surface area (Å²) < 4.78 is 25.3. The van der Waals surface area contributed by atoms with E-state index >= 15 is 0 Å². The fourth-order valence-corrected chi connectivity index (χ4v) is 1.64. The van der Waals surface area contributed by atoms with Crippen molar-refractivity contribution in [1.29, 1.82) is 0 Å². The van der Waals surface area contributed by atoms with Gasteiger partial charge in [0.15, 0.2) is 0 Å². The summed E-state index contributed by atoms with van der Waals surface area (Å²) in [5.74, 6) is -2.42. The summed E-state index contributed by atoms with van der Waals surface area (Å²) in [6.07, 6.45) is 0.722. The van der Waals surface area contributed by atoms with Crippen molar-refractivity contribution < 1.29 is 13.9 Å². The largest absolute Gasteiger partial charge is 0.395 e. The van der Waals surface area contributed by atoms with Crippen LogP contribution in [-0.4, -0.2) is 23.7 Å². The summed E-state index contributed by atoms with van der Waals surface area (Å²) in [4.78, 5) is 0. The highest BCUT2D eigenvalue weighted by atomic mass is 19.3. The third-order valence-electron chi connectivity index (χ3n) is 2.58. The van der Waals surface area contributed by atoms with Crippen molar-refractivity contribution in [3.05, 3.63) is 0 Å². The van der Waals surface area contributed by atoms with Crippen molar-refractivity contribution in [2.24, 2.45) is 11.7 Å². The van der Waals surface area contributed by atoms with Crippen LogP contribution in [0.15, 0.2) is 0 Å². The molecule has 1 saturated carbocycles. The summed E-state index contributed by atoms with van der Waals surface area (Å²) in [5.41, 5.74) is 5.54. The second-order valence-electron chi connectivity index (χ2n) is 3.54. The predicted octanol–water partition coefficient (Wildman–Crippen LogP) is 1.13. The molecule has 4 heteroatoms. The Hall–Kier alpha value is -0.220. The van der Waals surface area contributed by atoms with E-state index in [-0.39, 0.29) is 31.4 Å². The number of hydrogen-bond acceptors (Lipinski definition) is 2. The van der Waals surface area contributed by atoms with Crippen molar-refractivity contribution in [3.63, 3.8) is 0 Å². The van der Waals surface area contributed by atoms with Crippen LogP contribution in [0.4, 0.5) is 8.78 Å². The molecule has 1 aliphatic carbocycles. The van der Waals surface area contributed by atoms with Crippen molar-refractivity contribution in [1.82, 2.24) is 0 Å². The minimum atomic E-state index is -2.49. The van der Waals surface area contributed by atoms with E-state index < -0.39 is 5.92 Å². The number of nitrogens with two attached hydrogens (primary N) is 1. The molecule has 0 aromatic heterocycles. The molecule has 0 bridgehead atoms. The Kier molecular flexibility index (Phi) is 3.01. The second-order valence-corrected chi connectivity index (χ2v) is 3.54. The van der Waals surface area contributed by atoms with E-state index in [1.54, 1.807) is 0 Å². The van der Waals surface area contributed by atoms with Crippen LogP contribution >= 0.6 is 0 Å². The Morgan fingerprint density at radius 3 is 2.33 bits per heavy atom. The summed E-state index contributed by atoms with van der Waals surface area (Å²) in [6.45, 7) is -0.101. The van der Waals surface area contributed by atoms with Gasteiger partial charge in [-0.05, 0) is 18.8 Å². The van der Waals surface area contributed by atoms with Gasteiger partial charge in [-0.25, -0.2) is 8.78 Å². The van der Waals surface area contributed by atoms with Gasteiger partial charge in [0, 0.05) is 18.9 Å². The standard InChI is InChI=1S/C8H15F2NO/c9-8(10)3-1-6(2-4-8)7(11)5-12/h6-7,12H,1-5,11H2/t7-/m1/s1. The van der Waals surface area contributed by atoms with Crippen LogP contribution in [0, 0.1) is 5.92 Å². The third-order valence-corrected chi connectivity index (χ3v) is 2.58. The molecule has 0 aliphatic heterocycles. The van der Waals surface area contributed by atoms with E-state index in [1.165, 1.54) is 0 Å². The fourth-order valence-electron chi connectivity index (χ4n) is 1.64. The van der Waals surface area contributed by atoms with Crippen molar-refractivity contribution in [2.45, 2.75) is 37.6 Å². The summed E-state index contributed by atoms with van der Waals surface area (Å²) >= 11 is 0. The highest BCUT2D eigenvalue weighted by Crippen LogP contribution is 2.36. The van der Waals surface area contributed by atoms with Crippen molar-refractivity contribution >= 4 is 0 Å². The van der Waals surface area contributed by atoms with Crippen LogP contribution in [-0.2, 0) is 0 Å². The van der Waals surface area contributed by atoms with Gasteiger partial charge in [0.25, 0.3) is 0 Å². The molecule has 0 aromatic rings. The highest BCUT2D eigenvalue weighted by Gasteiger charge is 2.36. The van der Waals surface area contributed by atoms with Gasteiger partial charge in [0.1, 0.15) is 0 Å². The highest BCUT2D eigenvalue weighted by molar-refractivity contribution is 4.82. The summed E-state index contributed by atoms with van der Waals surface area (Å²) in [7, 11) is 0. The number of aliphatic hydroxyl groups excluding tert-OH is 1. The monoisotopic (exact) mass is 179 g/mol. The second kappa shape index (κ2) is 3.66. The van der Waals surface area contributed by atoms with E-state index in [0.29, 0.717) is 12.8 Å². The van der Waals surface area contributed by atoms with Gasteiger partial charge in [-0.1, -0.05) is 0 Å². The SMILES string of the molecule is N[C@H](CO)C1CCC(F)(F)CC1. The van der Waals surface area contributed by atoms with E-state index in [1.807, 2.05) is 0 Å². The Labute approximate surface area is 70.8 Å². The number of rotatable bonds is 2. The topological polar surface area (TPSA) is 46.2 Å². The first-order chi connectivity index (χ1) is 5.55. The molecule has 0 heterocycles. The van der Waals surface area contributed by atoms with Gasteiger partial charge in [-0.2, -0.15) is 0 Å². The molecule has 12 heavy (non-hydrogen) atoms. The number of aliphatic hydroxyl groups is 1. The Morgan fingerprint density at radius 2 is 1.92 bits per heavy atom. The molecule has 2 nitrogen and oxygen atoms in total. The number of hydrogen-bond donors (Lipinski definition) is 2. The molecular formula is C8H15F2NO. The van der Waals surface area contributed by atoms with Crippen LogP contribution in [0.5, 0.6) is 0 Å². The van der Waals surface area contributed by atoms with Crippen molar-refractivity contribution in [2.75, 3.05) is 6.61 Å². The molecule has 3 N–H and O–H groups in total. The molecule has 0 radical (unpaired) electrons. The average Bonchev–Trinajstić information content (AvgIpc) is 2.03. The lowest BCUT2D eigenvalue weighted by atomic mass is 9.83. The molecule has 1 atom stereocenters. The quantitative estimate of drug-likeness (QED) is 0.667. The molecule has 1 fully saturated rings. The smallest absolute Gasteiger partial charge is 0.248 e. The van der Waals surface area contributed by atoms with Crippen LogP contribution in [0.3, 0.4) is 0 Å². The molecule has 72 valence electrons. The van der Waals surface area contributed by atoms with E-state index in [2.05, 4.69) is 0 Å². The average molecular weight is 179 g/mol. The molecule has 1 rings (SSSR count). The maximum absolute atomic E-state index is 12.6. The van der Waals surface area contributed by atoms with Gasteiger partial charge in [0.05, 0.1) is 6.61 Å². The van der Waals surface area contributed by atoms with E-state index in [4.69, 9.17) is 10.8 Å². The predicted molar refractivity (Wildman–Crippen MR) is 42.0 cm³/mol. The lowest BCUT2D eigenvalue weighted by Crippen LogP contribution is -2.38. The summed E-state index contributed by atoms with van der Waals surface area (Å²) in [5, 5.41) is 8.70. The maximum atomic E-state index is 12.6. The van der Waals surface area contributed by atoms with E-state index in [0.717, 1.165) is 0 Å². The number of halogens is 2. The number of alkyl halides is 2. The first-order valence-corrected chi connectivity index (χ1v) is 4.29. The molecule has 1 aliphatic rings.